The Hall–Kier alpha value is -5.68. The van der Waals surface area contributed by atoms with E-state index < -0.39 is 56.0 Å². The summed E-state index contributed by atoms with van der Waals surface area (Å²) < 4.78 is 0.0250. The number of nitro groups is 2. The second-order valence-corrected chi connectivity index (χ2v) is 12.4. The van der Waals surface area contributed by atoms with Crippen LogP contribution in [0.2, 0.25) is 10.0 Å². The number of halogens is 2. The number of para-hydroxylation sites is 2. The Morgan fingerprint density at radius 1 is 0.625 bits per heavy atom. The summed E-state index contributed by atoms with van der Waals surface area (Å²) in [7, 11) is 0. The van der Waals surface area contributed by atoms with Crippen molar-refractivity contribution in [2.45, 2.75) is 0 Å². The van der Waals surface area contributed by atoms with Crippen LogP contribution in [0.15, 0.2) is 72.8 Å². The summed E-state index contributed by atoms with van der Waals surface area (Å²) in [4.78, 5) is 45.5. The molecule has 0 unspecified atom stereocenters. The number of thiophene rings is 2. The molecule has 6 rings (SSSR count). The lowest BCUT2D eigenvalue weighted by Gasteiger charge is -2.03. The van der Waals surface area contributed by atoms with E-state index in [2.05, 4.69) is 10.6 Å². The molecule has 0 spiro atoms. The highest BCUT2D eigenvalue weighted by Gasteiger charge is 2.30. The third-order valence-electron chi connectivity index (χ3n) is 6.54. The molecular formula is C30H18Cl2N4O10S2. The number of hydrogen-bond donors (Lipinski definition) is 6. The van der Waals surface area contributed by atoms with Crippen molar-refractivity contribution in [2.24, 2.45) is 0 Å². The van der Waals surface area contributed by atoms with E-state index in [1.807, 2.05) is 0 Å². The molecule has 0 aliphatic heterocycles. The van der Waals surface area contributed by atoms with Crippen LogP contribution in [-0.4, -0.2) is 42.1 Å². The van der Waals surface area contributed by atoms with Gasteiger partial charge in [-0.1, -0.05) is 59.6 Å². The van der Waals surface area contributed by atoms with Gasteiger partial charge in [-0.25, -0.2) is 0 Å². The molecule has 244 valence electrons. The standard InChI is InChI=1S/2C15H9ClN2O5S/c2*16-10-8-6-9(19)12(20)11(18(22)23)13(8)24-14(10)15(21)17-7-4-2-1-3-5-7/h2*1-6,19-20H,(H,17,21). The summed E-state index contributed by atoms with van der Waals surface area (Å²) >= 11 is 13.9. The molecule has 18 heteroatoms. The third kappa shape index (κ3) is 6.45. The number of phenolic OH excluding ortho intramolecular Hbond substituents is 4. The van der Waals surface area contributed by atoms with Crippen LogP contribution >= 0.6 is 45.9 Å². The van der Waals surface area contributed by atoms with Crippen LogP contribution in [0.5, 0.6) is 23.0 Å². The van der Waals surface area contributed by atoms with E-state index in [9.17, 15) is 50.2 Å². The molecule has 0 saturated heterocycles. The summed E-state index contributed by atoms with van der Waals surface area (Å²) in [6, 6.07) is 19.4. The molecule has 48 heavy (non-hydrogen) atoms. The number of carbonyl (C=O) groups excluding carboxylic acids is 2. The highest BCUT2D eigenvalue weighted by atomic mass is 35.5. The molecule has 2 heterocycles. The number of fused-ring (bicyclic) bond motifs is 2. The maximum Gasteiger partial charge on any atom is 0.332 e. The van der Waals surface area contributed by atoms with Crippen molar-refractivity contribution in [3.63, 3.8) is 0 Å². The van der Waals surface area contributed by atoms with Crippen molar-refractivity contribution in [2.75, 3.05) is 10.6 Å². The topological polar surface area (TPSA) is 225 Å². The van der Waals surface area contributed by atoms with Crippen LogP contribution in [0.25, 0.3) is 20.2 Å². The smallest absolute Gasteiger partial charge is 0.332 e. The van der Waals surface area contributed by atoms with Crippen LogP contribution in [-0.2, 0) is 0 Å². The molecule has 0 bridgehead atoms. The monoisotopic (exact) mass is 728 g/mol. The fraction of sp³-hybridized carbons (Fsp3) is 0. The molecule has 0 fully saturated rings. The number of rotatable bonds is 6. The van der Waals surface area contributed by atoms with Crippen LogP contribution in [0.4, 0.5) is 22.7 Å². The highest BCUT2D eigenvalue weighted by Crippen LogP contribution is 2.49. The minimum Gasteiger partial charge on any atom is -0.504 e. The number of hydrogen-bond acceptors (Lipinski definition) is 12. The van der Waals surface area contributed by atoms with E-state index in [0.29, 0.717) is 11.4 Å². The molecule has 0 aliphatic carbocycles. The normalized spacial score (nSPS) is 10.7. The lowest BCUT2D eigenvalue weighted by molar-refractivity contribution is -0.384. The predicted molar refractivity (Wildman–Crippen MR) is 182 cm³/mol. The molecule has 14 nitrogen and oxygen atoms in total. The fourth-order valence-electron chi connectivity index (χ4n) is 4.37. The van der Waals surface area contributed by atoms with Crippen molar-refractivity contribution in [3.8, 4) is 23.0 Å². The maximum atomic E-state index is 12.4. The van der Waals surface area contributed by atoms with Gasteiger partial charge in [0.25, 0.3) is 11.8 Å². The van der Waals surface area contributed by atoms with Crippen molar-refractivity contribution >= 4 is 101 Å². The van der Waals surface area contributed by atoms with Gasteiger partial charge in [0.1, 0.15) is 19.2 Å². The molecule has 6 aromatic rings. The number of amides is 2. The Labute approximate surface area is 285 Å². The van der Waals surface area contributed by atoms with Gasteiger partial charge in [-0.15, -0.1) is 22.7 Å². The average molecular weight is 730 g/mol. The Kier molecular flexibility index (Phi) is 9.53. The molecule has 0 radical (unpaired) electrons. The quantitative estimate of drug-likeness (QED) is 0.0546. The first-order valence-corrected chi connectivity index (χ1v) is 15.5. The number of nitro benzene ring substituents is 2. The van der Waals surface area contributed by atoms with Gasteiger partial charge < -0.3 is 31.1 Å². The summed E-state index contributed by atoms with van der Waals surface area (Å²) in [6.07, 6.45) is 0. The SMILES string of the molecule is O=C(Nc1ccccc1)c1sc2c([N+](=O)[O-])c(O)c(O)cc2c1Cl.O=C(Nc1ccccc1)c1sc2c([N+](=O)[O-])c(O)c(O)cc2c1Cl. The van der Waals surface area contributed by atoms with Crippen LogP contribution in [0, 0.1) is 20.2 Å². The Balaban J connectivity index is 0.000000188. The van der Waals surface area contributed by atoms with E-state index in [1.165, 1.54) is 0 Å². The van der Waals surface area contributed by atoms with Crippen molar-refractivity contribution < 1.29 is 39.9 Å². The molecule has 2 amide bonds. The number of aromatic hydroxyl groups is 4. The fourth-order valence-corrected chi connectivity index (χ4v) is 7.36. The minimum atomic E-state index is -0.861. The minimum absolute atomic E-state index is 0.0125. The van der Waals surface area contributed by atoms with Crippen LogP contribution < -0.4 is 10.6 Å². The Morgan fingerprint density at radius 2 is 0.958 bits per heavy atom. The van der Waals surface area contributed by atoms with Gasteiger partial charge in [0.2, 0.25) is 11.5 Å². The number of nitrogens with one attached hydrogen (secondary N) is 2. The summed E-state index contributed by atoms with van der Waals surface area (Å²) in [6.45, 7) is 0. The van der Waals surface area contributed by atoms with E-state index >= 15 is 0 Å². The highest BCUT2D eigenvalue weighted by molar-refractivity contribution is 7.22. The van der Waals surface area contributed by atoms with Gasteiger partial charge in [-0.3, -0.25) is 29.8 Å². The summed E-state index contributed by atoms with van der Waals surface area (Å²) in [5.41, 5.74) is -0.293. The summed E-state index contributed by atoms with van der Waals surface area (Å²) in [5.74, 6) is -4.16. The van der Waals surface area contributed by atoms with Crippen molar-refractivity contribution in [1.82, 2.24) is 0 Å². The molecule has 0 atom stereocenters. The molecule has 0 saturated carbocycles. The van der Waals surface area contributed by atoms with E-state index in [1.54, 1.807) is 60.7 Å². The number of benzene rings is 4. The number of carbonyl (C=O) groups is 2. The van der Waals surface area contributed by atoms with Gasteiger partial charge in [-0.05, 0) is 36.4 Å². The third-order valence-corrected chi connectivity index (χ3v) is 9.97. The van der Waals surface area contributed by atoms with Gasteiger partial charge in [0, 0.05) is 22.1 Å². The Bertz CT molecular complexity index is 2100. The van der Waals surface area contributed by atoms with E-state index in [4.69, 9.17) is 23.2 Å². The molecule has 4 aromatic carbocycles. The first kappa shape index (κ1) is 33.7. The van der Waals surface area contributed by atoms with Crippen molar-refractivity contribution in [1.29, 1.82) is 0 Å². The van der Waals surface area contributed by atoms with Crippen LogP contribution in [0.1, 0.15) is 19.3 Å². The zero-order chi connectivity index (χ0) is 34.9. The second kappa shape index (κ2) is 13.6. The summed E-state index contributed by atoms with van der Waals surface area (Å²) in [5, 5.41) is 66.5. The second-order valence-electron chi connectivity index (χ2n) is 9.58. The number of anilines is 2. The lowest BCUT2D eigenvalue weighted by Crippen LogP contribution is -2.10. The number of nitrogens with zero attached hydrogens (tertiary/aromatic N) is 2. The number of phenols is 4. The van der Waals surface area contributed by atoms with Crippen LogP contribution in [0.3, 0.4) is 0 Å². The lowest BCUT2D eigenvalue weighted by atomic mass is 10.2. The predicted octanol–water partition coefficient (Wildman–Crippen LogP) is 8.25. The Morgan fingerprint density at radius 3 is 1.27 bits per heavy atom. The zero-order valence-corrected chi connectivity index (χ0v) is 26.8. The van der Waals surface area contributed by atoms with Gasteiger partial charge in [0.15, 0.2) is 11.5 Å². The average Bonchev–Trinajstić information content (AvgIpc) is 3.54. The molecule has 0 aliphatic rings. The first-order chi connectivity index (χ1) is 22.8. The molecule has 6 N–H and O–H groups in total. The van der Waals surface area contributed by atoms with Gasteiger partial charge >= 0.3 is 11.4 Å². The van der Waals surface area contributed by atoms with Gasteiger partial charge in [-0.2, -0.15) is 0 Å². The maximum absolute atomic E-state index is 12.4. The largest absolute Gasteiger partial charge is 0.504 e. The first-order valence-electron chi connectivity index (χ1n) is 13.2. The van der Waals surface area contributed by atoms with Gasteiger partial charge in [0.05, 0.1) is 19.9 Å². The zero-order valence-electron chi connectivity index (χ0n) is 23.6. The van der Waals surface area contributed by atoms with E-state index in [-0.39, 0.29) is 40.0 Å². The molecule has 2 aromatic heterocycles. The molecular weight excluding hydrogens is 711 g/mol. The van der Waals surface area contributed by atoms with E-state index in [0.717, 1.165) is 34.8 Å². The van der Waals surface area contributed by atoms with Crippen molar-refractivity contribution in [3.05, 3.63) is 113 Å².